The van der Waals surface area contributed by atoms with Gasteiger partial charge in [-0.25, -0.2) is 4.99 Å². The number of rotatable bonds is 5. The Kier molecular flexibility index (Phi) is 3.98. The lowest BCUT2D eigenvalue weighted by Crippen LogP contribution is -2.14. The Labute approximate surface area is 129 Å². The van der Waals surface area contributed by atoms with Crippen molar-refractivity contribution in [3.05, 3.63) is 54.1 Å². The number of fused-ring (bicyclic) bond motifs is 1. The summed E-state index contributed by atoms with van der Waals surface area (Å²) >= 11 is 0. The van der Waals surface area contributed by atoms with Crippen molar-refractivity contribution in [3.8, 4) is 0 Å². The molecule has 0 amide bonds. The third-order valence-electron chi connectivity index (χ3n) is 3.60. The summed E-state index contributed by atoms with van der Waals surface area (Å²) < 4.78 is 5.26. The number of aromatic amines is 1. The molecule has 0 bridgehead atoms. The van der Waals surface area contributed by atoms with E-state index in [1.54, 1.807) is 18.4 Å². The first-order valence-corrected chi connectivity index (χ1v) is 7.26. The Morgan fingerprint density at radius 1 is 1.32 bits per heavy atom. The standard InChI is InChI=1S/C17H20N4O/c1-21(2)8-7-12-11-19-15-6-5-13(10-14(12)15)20-17(18)16-4-3-9-22-16/h3-6,9-11,19H,7-8H2,1-2H3,(H2,18,20). The minimum Gasteiger partial charge on any atom is -0.461 e. The van der Waals surface area contributed by atoms with Gasteiger partial charge in [0.2, 0.25) is 0 Å². The molecule has 2 heterocycles. The molecule has 5 nitrogen and oxygen atoms in total. The molecule has 0 aliphatic carbocycles. The molecule has 0 saturated heterocycles. The van der Waals surface area contributed by atoms with Gasteiger partial charge < -0.3 is 20.0 Å². The van der Waals surface area contributed by atoms with E-state index in [4.69, 9.17) is 10.2 Å². The van der Waals surface area contributed by atoms with E-state index in [1.807, 2.05) is 12.1 Å². The van der Waals surface area contributed by atoms with E-state index >= 15 is 0 Å². The highest BCUT2D eigenvalue weighted by Crippen LogP contribution is 2.25. The molecule has 1 aromatic carbocycles. The minimum absolute atomic E-state index is 0.384. The fourth-order valence-corrected chi connectivity index (χ4v) is 2.41. The highest BCUT2D eigenvalue weighted by Gasteiger charge is 2.06. The summed E-state index contributed by atoms with van der Waals surface area (Å²) in [4.78, 5) is 9.92. The molecular weight excluding hydrogens is 276 g/mol. The van der Waals surface area contributed by atoms with Crippen LogP contribution in [0.1, 0.15) is 11.3 Å². The molecule has 2 aromatic heterocycles. The van der Waals surface area contributed by atoms with Crippen LogP contribution in [-0.4, -0.2) is 36.4 Å². The molecule has 3 aromatic rings. The van der Waals surface area contributed by atoms with E-state index in [9.17, 15) is 0 Å². The molecule has 0 aliphatic heterocycles. The number of nitrogens with one attached hydrogen (secondary N) is 1. The van der Waals surface area contributed by atoms with Crippen molar-refractivity contribution in [2.75, 3.05) is 20.6 Å². The van der Waals surface area contributed by atoms with Crippen LogP contribution in [0.25, 0.3) is 10.9 Å². The van der Waals surface area contributed by atoms with E-state index in [0.29, 0.717) is 11.6 Å². The molecule has 0 fully saturated rings. The van der Waals surface area contributed by atoms with Crippen molar-refractivity contribution >= 4 is 22.4 Å². The minimum atomic E-state index is 0.384. The number of aromatic nitrogens is 1. The van der Waals surface area contributed by atoms with E-state index in [1.165, 1.54) is 10.9 Å². The van der Waals surface area contributed by atoms with E-state index in [2.05, 4.69) is 41.2 Å². The molecule has 0 aliphatic rings. The summed E-state index contributed by atoms with van der Waals surface area (Å²) in [5, 5.41) is 1.19. The van der Waals surface area contributed by atoms with Gasteiger partial charge in [-0.15, -0.1) is 0 Å². The van der Waals surface area contributed by atoms with Crippen molar-refractivity contribution in [1.82, 2.24) is 9.88 Å². The first-order valence-electron chi connectivity index (χ1n) is 7.26. The Hall–Kier alpha value is -2.53. The predicted octanol–water partition coefficient (Wildman–Crippen LogP) is 2.90. The number of benzene rings is 1. The van der Waals surface area contributed by atoms with Gasteiger partial charge in [-0.2, -0.15) is 0 Å². The molecule has 5 heteroatoms. The zero-order valence-corrected chi connectivity index (χ0v) is 12.8. The van der Waals surface area contributed by atoms with Gasteiger partial charge in [0.25, 0.3) is 0 Å². The summed E-state index contributed by atoms with van der Waals surface area (Å²) in [6.45, 7) is 1.01. The molecule has 0 spiro atoms. The predicted molar refractivity (Wildman–Crippen MR) is 89.6 cm³/mol. The second-order valence-corrected chi connectivity index (χ2v) is 5.57. The Morgan fingerprint density at radius 3 is 2.91 bits per heavy atom. The molecule has 0 unspecified atom stereocenters. The number of nitrogens with zero attached hydrogens (tertiary/aromatic N) is 2. The number of aliphatic imine (C=N–C) groups is 1. The Balaban J connectivity index is 1.91. The van der Waals surface area contributed by atoms with Crippen LogP contribution in [-0.2, 0) is 6.42 Å². The smallest absolute Gasteiger partial charge is 0.168 e. The van der Waals surface area contributed by atoms with Gasteiger partial charge in [0.15, 0.2) is 11.6 Å². The Morgan fingerprint density at radius 2 is 2.18 bits per heavy atom. The highest BCUT2D eigenvalue weighted by molar-refractivity contribution is 5.97. The molecule has 0 radical (unpaired) electrons. The van der Waals surface area contributed by atoms with Gasteiger partial charge in [0.1, 0.15) is 0 Å². The van der Waals surface area contributed by atoms with Crippen molar-refractivity contribution in [2.45, 2.75) is 6.42 Å². The van der Waals surface area contributed by atoms with Crippen LogP contribution in [0, 0.1) is 0 Å². The molecule has 0 saturated carbocycles. The van der Waals surface area contributed by atoms with Crippen LogP contribution >= 0.6 is 0 Å². The van der Waals surface area contributed by atoms with Crippen LogP contribution in [0.15, 0.2) is 52.2 Å². The zero-order chi connectivity index (χ0) is 15.5. The van der Waals surface area contributed by atoms with Crippen LogP contribution in [0.4, 0.5) is 5.69 Å². The maximum atomic E-state index is 5.97. The van der Waals surface area contributed by atoms with Crippen LogP contribution < -0.4 is 5.73 Å². The molecular formula is C17H20N4O. The van der Waals surface area contributed by atoms with Crippen LogP contribution in [0.2, 0.25) is 0 Å². The van der Waals surface area contributed by atoms with Crippen LogP contribution in [0.5, 0.6) is 0 Å². The number of furan rings is 1. The third kappa shape index (κ3) is 3.04. The second kappa shape index (κ2) is 6.07. The number of hydrogen-bond donors (Lipinski definition) is 2. The van der Waals surface area contributed by atoms with E-state index < -0.39 is 0 Å². The molecule has 22 heavy (non-hydrogen) atoms. The normalized spacial score (nSPS) is 12.4. The van der Waals surface area contributed by atoms with Gasteiger partial charge >= 0.3 is 0 Å². The quantitative estimate of drug-likeness (QED) is 0.562. The van der Waals surface area contributed by atoms with Crippen molar-refractivity contribution in [3.63, 3.8) is 0 Å². The lowest BCUT2D eigenvalue weighted by atomic mass is 10.1. The van der Waals surface area contributed by atoms with Gasteiger partial charge in [0, 0.05) is 23.6 Å². The van der Waals surface area contributed by atoms with Crippen molar-refractivity contribution in [2.24, 2.45) is 10.7 Å². The average Bonchev–Trinajstić information content (AvgIpc) is 3.14. The summed E-state index contributed by atoms with van der Waals surface area (Å²) in [5.41, 5.74) is 9.20. The first kappa shape index (κ1) is 14.4. The lowest BCUT2D eigenvalue weighted by molar-refractivity contribution is 0.414. The van der Waals surface area contributed by atoms with Gasteiger partial charge in [-0.05, 0) is 56.4 Å². The molecule has 3 N–H and O–H groups in total. The number of H-pyrrole nitrogens is 1. The molecule has 114 valence electrons. The lowest BCUT2D eigenvalue weighted by Gasteiger charge is -2.08. The number of amidine groups is 1. The average molecular weight is 296 g/mol. The monoisotopic (exact) mass is 296 g/mol. The second-order valence-electron chi connectivity index (χ2n) is 5.57. The van der Waals surface area contributed by atoms with E-state index in [0.717, 1.165) is 24.2 Å². The molecule has 0 atom stereocenters. The van der Waals surface area contributed by atoms with Crippen molar-refractivity contribution < 1.29 is 4.42 Å². The highest BCUT2D eigenvalue weighted by atomic mass is 16.3. The van der Waals surface area contributed by atoms with Gasteiger partial charge in [0.05, 0.1) is 12.0 Å². The summed E-state index contributed by atoms with van der Waals surface area (Å²) in [5.74, 6) is 0.969. The SMILES string of the molecule is CN(C)CCc1c[nH]c2ccc(N=C(N)c3ccco3)cc12. The maximum absolute atomic E-state index is 5.97. The maximum Gasteiger partial charge on any atom is 0.168 e. The number of nitrogens with two attached hydrogens (primary N) is 1. The van der Waals surface area contributed by atoms with Gasteiger partial charge in [-0.3, -0.25) is 0 Å². The van der Waals surface area contributed by atoms with Gasteiger partial charge in [-0.1, -0.05) is 0 Å². The third-order valence-corrected chi connectivity index (χ3v) is 3.60. The van der Waals surface area contributed by atoms with Crippen molar-refractivity contribution in [1.29, 1.82) is 0 Å². The Bertz CT molecular complexity index is 784. The summed E-state index contributed by atoms with van der Waals surface area (Å²) in [7, 11) is 4.16. The largest absolute Gasteiger partial charge is 0.461 e. The molecule has 3 rings (SSSR count). The summed E-state index contributed by atoms with van der Waals surface area (Å²) in [6, 6.07) is 9.64. The fourth-order valence-electron chi connectivity index (χ4n) is 2.41. The van der Waals surface area contributed by atoms with Crippen LogP contribution in [0.3, 0.4) is 0 Å². The summed E-state index contributed by atoms with van der Waals surface area (Å²) in [6.07, 6.45) is 4.65. The topological polar surface area (TPSA) is 70.5 Å². The van der Waals surface area contributed by atoms with E-state index in [-0.39, 0.29) is 0 Å². The fraction of sp³-hybridized carbons (Fsp3) is 0.235. The number of likely N-dealkylation sites (N-methyl/N-ethyl adjacent to an activating group) is 1. The first-order chi connectivity index (χ1) is 10.6. The number of hydrogen-bond acceptors (Lipinski definition) is 3. The zero-order valence-electron chi connectivity index (χ0n) is 12.8.